The van der Waals surface area contributed by atoms with Crippen LogP contribution in [0.4, 0.5) is 0 Å². The molecule has 1 aromatic rings. The zero-order valence-electron chi connectivity index (χ0n) is 22.3. The van der Waals surface area contributed by atoms with Crippen LogP contribution in [-0.4, -0.2) is 69.3 Å². The van der Waals surface area contributed by atoms with Crippen LogP contribution in [0, 0.1) is 23.2 Å². The predicted molar refractivity (Wildman–Crippen MR) is 142 cm³/mol. The molecule has 6 heteroatoms. The molecule has 6 atom stereocenters. The van der Waals surface area contributed by atoms with Gasteiger partial charge in [0.25, 0.3) is 5.91 Å². The van der Waals surface area contributed by atoms with E-state index in [0.717, 1.165) is 56.2 Å². The highest BCUT2D eigenvalue weighted by Gasteiger charge is 2.74. The van der Waals surface area contributed by atoms with Gasteiger partial charge in [-0.1, -0.05) is 25.1 Å². The number of nitrogens with zero attached hydrogens (tertiary/aromatic N) is 3. The van der Waals surface area contributed by atoms with E-state index in [2.05, 4.69) is 35.8 Å². The number of hydrogen-bond donors (Lipinski definition) is 2. The van der Waals surface area contributed by atoms with Crippen molar-refractivity contribution in [1.29, 1.82) is 0 Å². The Morgan fingerprint density at radius 3 is 2.78 bits per heavy atom. The molecule has 1 amide bonds. The lowest BCUT2D eigenvalue weighted by molar-refractivity contribution is -0.142. The standard InChI is InChI=1S/C31H41N3O3/c1-3-22-9-10-24(35)16-25(22)31-13-15-32(18-21-7-8-21)20(2)30(31)12-11-26-28(31)23(17-30)19-33(26)29(36)27-6-4-5-14-34(27)37/h4-6,9-10,16,20-21,23,26,28,35,37H,3,7-8,11-15,17-19H2,1-2H3/t20?,23-,26?,28?,30?,31?/m1/s1. The second-order valence-corrected chi connectivity index (χ2v) is 12.8. The van der Waals surface area contributed by atoms with E-state index in [-0.39, 0.29) is 22.8 Å². The number of phenolic OH excluding ortho intramolecular Hbond substituents is 1. The van der Waals surface area contributed by atoms with Gasteiger partial charge in [-0.05, 0) is 111 Å². The van der Waals surface area contributed by atoms with E-state index in [0.29, 0.717) is 35.9 Å². The fraction of sp³-hybridized carbons (Fsp3) is 0.645. The first-order valence-electron chi connectivity index (χ1n) is 14.6. The normalized spacial score (nSPS) is 38.6. The van der Waals surface area contributed by atoms with Crippen molar-refractivity contribution in [2.24, 2.45) is 23.2 Å². The van der Waals surface area contributed by atoms with Gasteiger partial charge in [0.15, 0.2) is 0 Å². The number of aryl methyl sites for hydroxylation is 1. The Morgan fingerprint density at radius 1 is 1.19 bits per heavy atom. The number of benzene rings is 1. The number of rotatable bonds is 5. The van der Waals surface area contributed by atoms with Crippen molar-refractivity contribution in [3.63, 3.8) is 0 Å². The first-order chi connectivity index (χ1) is 17.9. The molecule has 3 saturated carbocycles. The Kier molecular flexibility index (Phi) is 5.36. The summed E-state index contributed by atoms with van der Waals surface area (Å²) in [7, 11) is 0. The van der Waals surface area contributed by atoms with Crippen LogP contribution < -0.4 is 0 Å². The van der Waals surface area contributed by atoms with E-state index >= 15 is 0 Å². The molecule has 198 valence electrons. The second kappa shape index (κ2) is 8.34. The number of piperidine rings is 1. The minimum atomic E-state index is -0.0289. The Labute approximate surface area is 220 Å². The van der Waals surface area contributed by atoms with E-state index < -0.39 is 0 Å². The molecule has 0 radical (unpaired) electrons. The van der Waals surface area contributed by atoms with E-state index in [1.54, 1.807) is 6.08 Å². The van der Waals surface area contributed by atoms with Gasteiger partial charge in [-0.25, -0.2) is 5.06 Å². The Bertz CT molecular complexity index is 1170. The molecule has 3 aliphatic heterocycles. The maximum absolute atomic E-state index is 13.8. The summed E-state index contributed by atoms with van der Waals surface area (Å²) in [5, 5.41) is 22.3. The monoisotopic (exact) mass is 503 g/mol. The highest BCUT2D eigenvalue weighted by atomic mass is 16.5. The van der Waals surface area contributed by atoms with Crippen LogP contribution >= 0.6 is 0 Å². The molecule has 1 aromatic carbocycles. The van der Waals surface area contributed by atoms with Crippen LogP contribution in [0.25, 0.3) is 0 Å². The predicted octanol–water partition coefficient (Wildman–Crippen LogP) is 4.47. The molecule has 7 rings (SSSR count). The fourth-order valence-electron chi connectivity index (χ4n) is 9.83. The Balaban J connectivity index is 1.33. The molecule has 5 fully saturated rings. The molecule has 6 aliphatic rings. The van der Waals surface area contributed by atoms with Crippen molar-refractivity contribution in [3.05, 3.63) is 53.3 Å². The van der Waals surface area contributed by atoms with Gasteiger partial charge in [0.05, 0.1) is 6.54 Å². The first kappa shape index (κ1) is 23.8. The highest BCUT2D eigenvalue weighted by Crippen LogP contribution is 2.74. The van der Waals surface area contributed by atoms with Crippen LogP contribution in [0.2, 0.25) is 0 Å². The SMILES string of the molecule is CCc1ccc(O)cc1C12CCN(CC3CC3)C(C)C13CCC1C2[C@@H](CN1C(=O)C1=CC=CCN1O)C3. The summed E-state index contributed by atoms with van der Waals surface area (Å²) in [6, 6.07) is 6.78. The summed E-state index contributed by atoms with van der Waals surface area (Å²) < 4.78 is 0. The lowest BCUT2D eigenvalue weighted by Crippen LogP contribution is -2.66. The zero-order chi connectivity index (χ0) is 25.5. The van der Waals surface area contributed by atoms with Crippen molar-refractivity contribution in [3.8, 4) is 5.75 Å². The summed E-state index contributed by atoms with van der Waals surface area (Å²) in [6.45, 7) is 8.20. The topological polar surface area (TPSA) is 67.2 Å². The van der Waals surface area contributed by atoms with Crippen molar-refractivity contribution >= 4 is 5.91 Å². The average Bonchev–Trinajstić information content (AvgIpc) is 3.60. The maximum Gasteiger partial charge on any atom is 0.272 e. The summed E-state index contributed by atoms with van der Waals surface area (Å²) in [6.07, 6.45) is 13.6. The minimum Gasteiger partial charge on any atom is -0.508 e. The first-order valence-corrected chi connectivity index (χ1v) is 14.6. The molecular weight excluding hydrogens is 462 g/mol. The number of carbonyl (C=O) groups excluding carboxylic acids is 1. The molecule has 6 nitrogen and oxygen atoms in total. The molecule has 3 aliphatic carbocycles. The Morgan fingerprint density at radius 2 is 2.03 bits per heavy atom. The number of likely N-dealkylation sites (tertiary alicyclic amines) is 2. The Hall–Kier alpha value is -2.31. The third-order valence-electron chi connectivity index (χ3n) is 11.4. The van der Waals surface area contributed by atoms with Gasteiger partial charge in [-0.3, -0.25) is 14.9 Å². The van der Waals surface area contributed by atoms with Crippen LogP contribution in [0.3, 0.4) is 0 Å². The lowest BCUT2D eigenvalue weighted by atomic mass is 9.46. The van der Waals surface area contributed by atoms with Gasteiger partial charge in [-0.15, -0.1) is 0 Å². The van der Waals surface area contributed by atoms with Crippen LogP contribution in [0.1, 0.15) is 63.5 Å². The molecular formula is C31H41N3O3. The van der Waals surface area contributed by atoms with E-state index in [1.807, 2.05) is 18.2 Å². The third kappa shape index (κ3) is 3.21. The summed E-state index contributed by atoms with van der Waals surface area (Å²) in [4.78, 5) is 18.7. The number of amides is 1. The van der Waals surface area contributed by atoms with E-state index in [9.17, 15) is 15.1 Å². The molecule has 2 N–H and O–H groups in total. The molecule has 0 aromatic heterocycles. The lowest BCUT2D eigenvalue weighted by Gasteiger charge is -2.63. The number of aromatic hydroxyl groups is 1. The summed E-state index contributed by atoms with van der Waals surface area (Å²) in [5.74, 6) is 2.07. The number of allylic oxidation sites excluding steroid dienone is 2. The van der Waals surface area contributed by atoms with Gasteiger partial charge in [0.2, 0.25) is 0 Å². The van der Waals surface area contributed by atoms with Gasteiger partial charge in [0, 0.05) is 30.6 Å². The van der Waals surface area contributed by atoms with E-state index in [1.165, 1.54) is 30.5 Å². The van der Waals surface area contributed by atoms with Crippen LogP contribution in [0.5, 0.6) is 5.75 Å². The summed E-state index contributed by atoms with van der Waals surface area (Å²) >= 11 is 0. The number of carbonyl (C=O) groups is 1. The smallest absolute Gasteiger partial charge is 0.272 e. The van der Waals surface area contributed by atoms with Crippen molar-refractivity contribution in [2.75, 3.05) is 26.2 Å². The largest absolute Gasteiger partial charge is 0.508 e. The fourth-order valence-corrected chi connectivity index (χ4v) is 9.83. The molecule has 2 saturated heterocycles. The van der Waals surface area contributed by atoms with E-state index in [4.69, 9.17) is 0 Å². The van der Waals surface area contributed by atoms with Gasteiger partial charge in [-0.2, -0.15) is 0 Å². The number of hydroxylamine groups is 2. The van der Waals surface area contributed by atoms with Gasteiger partial charge in [0.1, 0.15) is 11.4 Å². The minimum absolute atomic E-state index is 0.0280. The molecule has 3 heterocycles. The molecule has 2 bridgehead atoms. The second-order valence-electron chi connectivity index (χ2n) is 12.8. The van der Waals surface area contributed by atoms with Gasteiger partial charge < -0.3 is 10.0 Å². The average molecular weight is 504 g/mol. The quantitative estimate of drug-likeness (QED) is 0.621. The van der Waals surface area contributed by atoms with Crippen molar-refractivity contribution in [1.82, 2.24) is 14.9 Å². The molecule has 5 unspecified atom stereocenters. The maximum atomic E-state index is 13.8. The van der Waals surface area contributed by atoms with Crippen molar-refractivity contribution in [2.45, 2.75) is 76.3 Å². The summed E-state index contributed by atoms with van der Waals surface area (Å²) in [5.41, 5.74) is 3.27. The molecule has 0 spiro atoms. The number of phenols is 1. The van der Waals surface area contributed by atoms with Crippen LogP contribution in [-0.2, 0) is 16.6 Å². The highest BCUT2D eigenvalue weighted by molar-refractivity contribution is 5.93. The third-order valence-corrected chi connectivity index (χ3v) is 11.4. The molecule has 37 heavy (non-hydrogen) atoms. The van der Waals surface area contributed by atoms with Crippen LogP contribution in [0.15, 0.2) is 42.1 Å². The van der Waals surface area contributed by atoms with Gasteiger partial charge >= 0.3 is 0 Å². The zero-order valence-corrected chi connectivity index (χ0v) is 22.3. The van der Waals surface area contributed by atoms with Crippen molar-refractivity contribution < 1.29 is 15.1 Å². The number of hydrogen-bond acceptors (Lipinski definition) is 5.